The fourth-order valence-corrected chi connectivity index (χ4v) is 2.01. The van der Waals surface area contributed by atoms with Crippen molar-refractivity contribution in [1.82, 2.24) is 5.32 Å². The molecule has 1 aliphatic rings. The zero-order valence-corrected chi connectivity index (χ0v) is 8.82. The number of hydrogen-bond acceptors (Lipinski definition) is 2. The average Bonchev–Trinajstić information content (AvgIpc) is 2.67. The minimum atomic E-state index is -0.0310. The number of nitrogens with one attached hydrogen (secondary N) is 1. The number of aryl methyl sites for hydroxylation is 1. The van der Waals surface area contributed by atoms with Gasteiger partial charge in [0, 0.05) is 12.0 Å². The molecule has 1 aliphatic carbocycles. The van der Waals surface area contributed by atoms with Gasteiger partial charge in [-0.25, -0.2) is 0 Å². The Balaban J connectivity index is 2.09. The van der Waals surface area contributed by atoms with Gasteiger partial charge >= 0.3 is 0 Å². The van der Waals surface area contributed by atoms with E-state index in [1.54, 1.807) is 18.4 Å². The molecule has 1 heterocycles. The third-order valence-corrected chi connectivity index (χ3v) is 2.69. The van der Waals surface area contributed by atoms with Gasteiger partial charge in [0.25, 0.3) is 0 Å². The van der Waals surface area contributed by atoms with E-state index in [9.17, 15) is 4.79 Å². The molecule has 3 nitrogen and oxygen atoms in total. The number of amides is 1. The molecule has 3 heteroatoms. The Bertz CT molecular complexity index is 379. The molecule has 0 saturated carbocycles. The van der Waals surface area contributed by atoms with Crippen molar-refractivity contribution < 1.29 is 9.21 Å². The quantitative estimate of drug-likeness (QED) is 0.753. The molecule has 1 amide bonds. The maximum atomic E-state index is 11.4. The van der Waals surface area contributed by atoms with Crippen LogP contribution in [0.2, 0.25) is 0 Å². The third kappa shape index (κ3) is 2.12. The van der Waals surface area contributed by atoms with Crippen LogP contribution in [-0.4, -0.2) is 5.91 Å². The van der Waals surface area contributed by atoms with Crippen LogP contribution in [0.3, 0.4) is 0 Å². The summed E-state index contributed by atoms with van der Waals surface area (Å²) in [4.78, 5) is 11.4. The van der Waals surface area contributed by atoms with Crippen LogP contribution in [-0.2, 0) is 11.2 Å². The molecular formula is C12H15NO2. The highest BCUT2D eigenvalue weighted by Gasteiger charge is 2.23. The summed E-state index contributed by atoms with van der Waals surface area (Å²) in [5.74, 6) is 0.989. The molecule has 1 aromatic heterocycles. The summed E-state index contributed by atoms with van der Waals surface area (Å²) >= 11 is 0. The Morgan fingerprint density at radius 2 is 2.53 bits per heavy atom. The molecule has 0 radical (unpaired) electrons. The Morgan fingerprint density at radius 3 is 3.33 bits per heavy atom. The van der Waals surface area contributed by atoms with E-state index in [-0.39, 0.29) is 11.9 Å². The standard InChI is InChI=1S/C12H15NO2/c1-2-4-12(14)13-10-5-3-6-11-9(10)7-8-15-11/h2,4,7-8,10H,3,5-6H2,1H3,(H,13,14). The molecule has 2 rings (SSSR count). The molecule has 1 atom stereocenters. The van der Waals surface area contributed by atoms with Gasteiger partial charge in [-0.2, -0.15) is 0 Å². The molecule has 80 valence electrons. The summed E-state index contributed by atoms with van der Waals surface area (Å²) in [6.07, 6.45) is 8.04. The minimum Gasteiger partial charge on any atom is -0.469 e. The van der Waals surface area contributed by atoms with Gasteiger partial charge in [-0.15, -0.1) is 0 Å². The zero-order valence-electron chi connectivity index (χ0n) is 8.82. The van der Waals surface area contributed by atoms with Gasteiger partial charge < -0.3 is 9.73 Å². The molecule has 1 aromatic rings. The van der Waals surface area contributed by atoms with Crippen molar-refractivity contribution in [2.24, 2.45) is 0 Å². The second-order valence-corrected chi connectivity index (χ2v) is 3.75. The molecule has 1 N–H and O–H groups in total. The van der Waals surface area contributed by atoms with Gasteiger partial charge in [-0.1, -0.05) is 6.08 Å². The first kappa shape index (κ1) is 10.0. The first-order valence-electron chi connectivity index (χ1n) is 5.30. The second-order valence-electron chi connectivity index (χ2n) is 3.75. The number of carbonyl (C=O) groups is 1. The smallest absolute Gasteiger partial charge is 0.244 e. The van der Waals surface area contributed by atoms with E-state index in [0.29, 0.717) is 0 Å². The summed E-state index contributed by atoms with van der Waals surface area (Å²) in [7, 11) is 0. The van der Waals surface area contributed by atoms with Crippen LogP contribution in [0.5, 0.6) is 0 Å². The average molecular weight is 205 g/mol. The van der Waals surface area contributed by atoms with Crippen LogP contribution in [0.15, 0.2) is 28.9 Å². The lowest BCUT2D eigenvalue weighted by Gasteiger charge is -2.21. The molecule has 0 spiro atoms. The maximum Gasteiger partial charge on any atom is 0.244 e. The molecule has 0 saturated heterocycles. The van der Waals surface area contributed by atoms with Crippen LogP contribution in [0.25, 0.3) is 0 Å². The van der Waals surface area contributed by atoms with E-state index in [0.717, 1.165) is 30.6 Å². The predicted octanol–water partition coefficient (Wildman–Crippen LogP) is 2.35. The van der Waals surface area contributed by atoms with Crippen molar-refractivity contribution in [2.75, 3.05) is 0 Å². The van der Waals surface area contributed by atoms with Crippen LogP contribution in [0.1, 0.15) is 37.1 Å². The number of fused-ring (bicyclic) bond motifs is 1. The van der Waals surface area contributed by atoms with E-state index in [1.807, 2.05) is 13.0 Å². The second kappa shape index (κ2) is 4.34. The molecular weight excluding hydrogens is 190 g/mol. The molecule has 1 unspecified atom stereocenters. The van der Waals surface area contributed by atoms with Crippen LogP contribution in [0.4, 0.5) is 0 Å². The van der Waals surface area contributed by atoms with Crippen molar-refractivity contribution in [2.45, 2.75) is 32.2 Å². The molecule has 0 aliphatic heterocycles. The van der Waals surface area contributed by atoms with E-state index in [1.165, 1.54) is 0 Å². The van der Waals surface area contributed by atoms with Gasteiger partial charge in [0.1, 0.15) is 5.76 Å². The van der Waals surface area contributed by atoms with Crippen LogP contribution < -0.4 is 5.32 Å². The normalized spacial score (nSPS) is 20.2. The van der Waals surface area contributed by atoms with Crippen molar-refractivity contribution in [3.05, 3.63) is 35.8 Å². The highest BCUT2D eigenvalue weighted by atomic mass is 16.3. The number of allylic oxidation sites excluding steroid dienone is 1. The Labute approximate surface area is 89.2 Å². The van der Waals surface area contributed by atoms with Gasteiger partial charge in [0.15, 0.2) is 0 Å². The number of furan rings is 1. The van der Waals surface area contributed by atoms with Crippen molar-refractivity contribution in [1.29, 1.82) is 0 Å². The van der Waals surface area contributed by atoms with E-state index in [4.69, 9.17) is 4.42 Å². The number of hydrogen-bond donors (Lipinski definition) is 1. The fourth-order valence-electron chi connectivity index (χ4n) is 2.01. The number of rotatable bonds is 2. The molecule has 15 heavy (non-hydrogen) atoms. The lowest BCUT2D eigenvalue weighted by molar-refractivity contribution is -0.117. The predicted molar refractivity (Wildman–Crippen MR) is 57.3 cm³/mol. The van der Waals surface area contributed by atoms with Gasteiger partial charge in [-0.3, -0.25) is 4.79 Å². The lowest BCUT2D eigenvalue weighted by atomic mass is 9.93. The number of carbonyl (C=O) groups excluding carboxylic acids is 1. The highest BCUT2D eigenvalue weighted by Crippen LogP contribution is 2.30. The first-order chi connectivity index (χ1) is 7.31. The van der Waals surface area contributed by atoms with E-state index in [2.05, 4.69) is 5.32 Å². The molecule has 0 fully saturated rings. The Kier molecular flexibility index (Phi) is 2.90. The van der Waals surface area contributed by atoms with Gasteiger partial charge in [-0.05, 0) is 31.9 Å². The summed E-state index contributed by atoms with van der Waals surface area (Å²) in [5.41, 5.74) is 1.14. The third-order valence-electron chi connectivity index (χ3n) is 2.69. The van der Waals surface area contributed by atoms with Crippen molar-refractivity contribution in [3.63, 3.8) is 0 Å². The van der Waals surface area contributed by atoms with Crippen LogP contribution in [0, 0.1) is 0 Å². The summed E-state index contributed by atoms with van der Waals surface area (Å²) in [6, 6.07) is 2.07. The minimum absolute atomic E-state index is 0.0310. The zero-order chi connectivity index (χ0) is 10.7. The fraction of sp³-hybridized carbons (Fsp3) is 0.417. The largest absolute Gasteiger partial charge is 0.469 e. The SMILES string of the molecule is CC=CC(=O)NC1CCCc2occc21. The maximum absolute atomic E-state index is 11.4. The Morgan fingerprint density at radius 1 is 1.67 bits per heavy atom. The topological polar surface area (TPSA) is 42.2 Å². The van der Waals surface area contributed by atoms with Crippen molar-refractivity contribution >= 4 is 5.91 Å². The van der Waals surface area contributed by atoms with Gasteiger partial charge in [0.2, 0.25) is 5.91 Å². The Hall–Kier alpha value is -1.51. The van der Waals surface area contributed by atoms with Crippen LogP contribution >= 0.6 is 0 Å². The molecule has 0 aromatic carbocycles. The lowest BCUT2D eigenvalue weighted by Crippen LogP contribution is -2.28. The first-order valence-corrected chi connectivity index (χ1v) is 5.30. The summed E-state index contributed by atoms with van der Waals surface area (Å²) < 4.78 is 5.36. The van der Waals surface area contributed by atoms with E-state index >= 15 is 0 Å². The van der Waals surface area contributed by atoms with Gasteiger partial charge in [0.05, 0.1) is 12.3 Å². The van der Waals surface area contributed by atoms with Crippen molar-refractivity contribution in [3.8, 4) is 0 Å². The van der Waals surface area contributed by atoms with E-state index < -0.39 is 0 Å². The summed E-state index contributed by atoms with van der Waals surface area (Å²) in [5, 5.41) is 2.98. The molecule has 0 bridgehead atoms. The monoisotopic (exact) mass is 205 g/mol. The highest BCUT2D eigenvalue weighted by molar-refractivity contribution is 5.87. The summed E-state index contributed by atoms with van der Waals surface area (Å²) in [6.45, 7) is 1.84.